The summed E-state index contributed by atoms with van der Waals surface area (Å²) in [6.45, 7) is 0. The second-order valence-electron chi connectivity index (χ2n) is 4.17. The van der Waals surface area contributed by atoms with Gasteiger partial charge in [-0.05, 0) is 35.4 Å². The van der Waals surface area contributed by atoms with Crippen LogP contribution < -0.4 is 0 Å². The topological polar surface area (TPSA) is 53.0 Å². The maximum atomic E-state index is 9.40. The first-order chi connectivity index (χ1) is 8.24. The zero-order chi connectivity index (χ0) is 11.8. The molecular formula is C14H12O3. The number of epoxide rings is 1. The third kappa shape index (κ3) is 1.97. The van der Waals surface area contributed by atoms with E-state index >= 15 is 0 Å². The highest BCUT2D eigenvalue weighted by Gasteiger charge is 2.41. The normalized spacial score (nSPS) is 22.4. The minimum Gasteiger partial charge on any atom is -0.508 e. The lowest BCUT2D eigenvalue weighted by molar-refractivity contribution is 0.376. The van der Waals surface area contributed by atoms with E-state index in [4.69, 9.17) is 4.74 Å². The lowest BCUT2D eigenvalue weighted by atomic mass is 10.0. The van der Waals surface area contributed by atoms with Gasteiger partial charge in [0.25, 0.3) is 0 Å². The fourth-order valence-corrected chi connectivity index (χ4v) is 2.02. The highest BCUT2D eigenvalue weighted by Crippen LogP contribution is 2.51. The lowest BCUT2D eigenvalue weighted by Gasteiger charge is -1.98. The Morgan fingerprint density at radius 3 is 1.65 bits per heavy atom. The van der Waals surface area contributed by atoms with E-state index in [2.05, 4.69) is 0 Å². The Hall–Kier alpha value is -2.00. The summed E-state index contributed by atoms with van der Waals surface area (Å²) >= 11 is 0. The summed E-state index contributed by atoms with van der Waals surface area (Å²) in [4.78, 5) is 0. The Labute approximate surface area is 98.9 Å². The van der Waals surface area contributed by atoms with E-state index in [9.17, 15) is 10.2 Å². The zero-order valence-electron chi connectivity index (χ0n) is 9.08. The number of benzene rings is 2. The summed E-state index contributed by atoms with van der Waals surface area (Å²) in [5, 5.41) is 18.8. The van der Waals surface area contributed by atoms with E-state index < -0.39 is 0 Å². The van der Waals surface area contributed by atoms with Gasteiger partial charge in [-0.3, -0.25) is 0 Å². The van der Waals surface area contributed by atoms with Crippen LogP contribution in [0.5, 0.6) is 11.5 Å². The largest absolute Gasteiger partial charge is 0.508 e. The van der Waals surface area contributed by atoms with E-state index in [-0.39, 0.29) is 23.7 Å². The highest BCUT2D eigenvalue weighted by molar-refractivity contribution is 5.36. The fraction of sp³-hybridized carbons (Fsp3) is 0.143. The van der Waals surface area contributed by atoms with Crippen molar-refractivity contribution in [2.75, 3.05) is 0 Å². The molecule has 0 saturated carbocycles. The van der Waals surface area contributed by atoms with Crippen molar-refractivity contribution in [1.82, 2.24) is 0 Å². The van der Waals surface area contributed by atoms with Gasteiger partial charge in [0.05, 0.1) is 0 Å². The number of phenols is 2. The van der Waals surface area contributed by atoms with Crippen LogP contribution in [0.25, 0.3) is 0 Å². The molecule has 0 aliphatic carbocycles. The summed E-state index contributed by atoms with van der Waals surface area (Å²) in [5.41, 5.74) is 1.91. The van der Waals surface area contributed by atoms with Crippen molar-refractivity contribution < 1.29 is 14.9 Å². The lowest BCUT2D eigenvalue weighted by Crippen LogP contribution is -1.84. The van der Waals surface area contributed by atoms with Gasteiger partial charge in [-0.25, -0.2) is 0 Å². The van der Waals surface area contributed by atoms with Crippen LogP contribution in [0.1, 0.15) is 23.3 Å². The molecule has 86 valence electrons. The van der Waals surface area contributed by atoms with Crippen molar-refractivity contribution in [3.05, 3.63) is 59.7 Å². The van der Waals surface area contributed by atoms with Crippen molar-refractivity contribution in [2.24, 2.45) is 0 Å². The van der Waals surface area contributed by atoms with Crippen LogP contribution in [-0.2, 0) is 4.74 Å². The standard InChI is InChI=1S/C14H12O3/c15-11-5-1-3-9(7-11)13-14(17-13)10-4-2-6-12(16)8-10/h1-8,13-16H. The molecule has 3 rings (SSSR count). The van der Waals surface area contributed by atoms with Crippen LogP contribution >= 0.6 is 0 Å². The zero-order valence-corrected chi connectivity index (χ0v) is 9.08. The van der Waals surface area contributed by atoms with Crippen molar-refractivity contribution in [1.29, 1.82) is 0 Å². The number of aromatic hydroxyl groups is 2. The van der Waals surface area contributed by atoms with Crippen molar-refractivity contribution >= 4 is 0 Å². The monoisotopic (exact) mass is 228 g/mol. The van der Waals surface area contributed by atoms with E-state index in [1.807, 2.05) is 12.1 Å². The molecule has 0 amide bonds. The molecule has 3 nitrogen and oxygen atoms in total. The molecule has 1 aliphatic heterocycles. The summed E-state index contributed by atoms with van der Waals surface area (Å²) in [6, 6.07) is 14.1. The summed E-state index contributed by atoms with van der Waals surface area (Å²) < 4.78 is 5.58. The van der Waals surface area contributed by atoms with E-state index in [1.165, 1.54) is 0 Å². The number of phenolic OH excluding ortho intramolecular Hbond substituents is 2. The Morgan fingerprint density at radius 1 is 0.765 bits per heavy atom. The Bertz CT molecular complexity index is 501. The SMILES string of the molecule is Oc1cccc(C2OC2c2cccc(O)c2)c1. The van der Waals surface area contributed by atoms with Gasteiger partial charge < -0.3 is 14.9 Å². The summed E-state index contributed by atoms with van der Waals surface area (Å²) in [5.74, 6) is 0.486. The molecule has 1 aliphatic rings. The Morgan fingerprint density at radius 2 is 1.24 bits per heavy atom. The van der Waals surface area contributed by atoms with Gasteiger partial charge in [-0.2, -0.15) is 0 Å². The number of hydrogen-bond donors (Lipinski definition) is 2. The first kappa shape index (κ1) is 10.2. The molecule has 2 aromatic carbocycles. The molecule has 2 N–H and O–H groups in total. The van der Waals surface area contributed by atoms with Gasteiger partial charge >= 0.3 is 0 Å². The second kappa shape index (κ2) is 3.79. The van der Waals surface area contributed by atoms with Crippen LogP contribution in [0, 0.1) is 0 Å². The molecular weight excluding hydrogens is 216 g/mol. The van der Waals surface area contributed by atoms with E-state index in [1.54, 1.807) is 36.4 Å². The van der Waals surface area contributed by atoms with Gasteiger partial charge in [0.15, 0.2) is 0 Å². The predicted molar refractivity (Wildman–Crippen MR) is 62.8 cm³/mol. The molecule has 2 atom stereocenters. The van der Waals surface area contributed by atoms with Crippen LogP contribution in [-0.4, -0.2) is 10.2 Å². The van der Waals surface area contributed by atoms with Crippen molar-refractivity contribution in [3.8, 4) is 11.5 Å². The molecule has 0 aromatic heterocycles. The average Bonchev–Trinajstić information content (AvgIpc) is 3.09. The fourth-order valence-electron chi connectivity index (χ4n) is 2.02. The molecule has 2 aromatic rings. The predicted octanol–water partition coefficient (Wildman–Crippen LogP) is 2.91. The molecule has 3 heteroatoms. The average molecular weight is 228 g/mol. The van der Waals surface area contributed by atoms with Gasteiger partial charge in [0, 0.05) is 0 Å². The van der Waals surface area contributed by atoms with Crippen LogP contribution in [0.3, 0.4) is 0 Å². The van der Waals surface area contributed by atoms with E-state index in [0.717, 1.165) is 11.1 Å². The molecule has 1 heterocycles. The maximum absolute atomic E-state index is 9.40. The van der Waals surface area contributed by atoms with Crippen molar-refractivity contribution in [2.45, 2.75) is 12.2 Å². The minimum absolute atomic E-state index is 0.0242. The smallest absolute Gasteiger partial charge is 0.115 e. The number of ether oxygens (including phenoxy) is 1. The van der Waals surface area contributed by atoms with Gasteiger partial charge in [-0.15, -0.1) is 0 Å². The third-order valence-electron chi connectivity index (χ3n) is 2.89. The molecule has 0 radical (unpaired) electrons. The van der Waals surface area contributed by atoms with Gasteiger partial charge in [0.2, 0.25) is 0 Å². The van der Waals surface area contributed by atoms with Crippen LogP contribution in [0.4, 0.5) is 0 Å². The van der Waals surface area contributed by atoms with Crippen molar-refractivity contribution in [3.63, 3.8) is 0 Å². The number of rotatable bonds is 2. The molecule has 0 bridgehead atoms. The molecule has 17 heavy (non-hydrogen) atoms. The Kier molecular flexibility index (Phi) is 2.27. The quantitative estimate of drug-likeness (QED) is 0.777. The highest BCUT2D eigenvalue weighted by atomic mass is 16.6. The van der Waals surface area contributed by atoms with Gasteiger partial charge in [-0.1, -0.05) is 24.3 Å². The van der Waals surface area contributed by atoms with Crippen LogP contribution in [0.15, 0.2) is 48.5 Å². The first-order valence-corrected chi connectivity index (χ1v) is 5.47. The number of hydrogen-bond acceptors (Lipinski definition) is 3. The molecule has 1 fully saturated rings. The summed E-state index contributed by atoms with van der Waals surface area (Å²) in [7, 11) is 0. The molecule has 2 unspecified atom stereocenters. The molecule has 1 saturated heterocycles. The van der Waals surface area contributed by atoms with E-state index in [0.29, 0.717) is 0 Å². The third-order valence-corrected chi connectivity index (χ3v) is 2.89. The molecule has 0 spiro atoms. The van der Waals surface area contributed by atoms with Crippen LogP contribution in [0.2, 0.25) is 0 Å². The minimum atomic E-state index is -0.0242. The second-order valence-corrected chi connectivity index (χ2v) is 4.17. The van der Waals surface area contributed by atoms with Gasteiger partial charge in [0.1, 0.15) is 23.7 Å². The first-order valence-electron chi connectivity index (χ1n) is 5.47. The maximum Gasteiger partial charge on any atom is 0.115 e. The Balaban J connectivity index is 1.83. The summed E-state index contributed by atoms with van der Waals surface area (Å²) in [6.07, 6.45) is -0.0483.